The van der Waals surface area contributed by atoms with Crippen LogP contribution in [0.2, 0.25) is 0 Å². The number of halogens is 1. The van der Waals surface area contributed by atoms with Gasteiger partial charge in [-0.3, -0.25) is 19.2 Å². The van der Waals surface area contributed by atoms with E-state index in [0.29, 0.717) is 0 Å². The molecule has 3 aliphatic carbocycles. The Hall–Kier alpha value is -1.84. The van der Waals surface area contributed by atoms with Crippen LogP contribution in [0.1, 0.15) is 71.3 Å². The van der Waals surface area contributed by atoms with Gasteiger partial charge in [-0.1, -0.05) is 18.2 Å². The number of fused-ring (bicyclic) bond motifs is 4. The highest BCUT2D eigenvalue weighted by Crippen LogP contribution is 2.63. The first-order valence-corrected chi connectivity index (χ1v) is 16.9. The molecule has 3 aliphatic heterocycles. The van der Waals surface area contributed by atoms with Gasteiger partial charge in [-0.2, -0.15) is 5.06 Å². The van der Waals surface area contributed by atoms with Gasteiger partial charge >= 0.3 is 11.9 Å². The van der Waals surface area contributed by atoms with Crippen LogP contribution >= 0.6 is 22.6 Å². The zero-order valence-corrected chi connectivity index (χ0v) is 27.5. The van der Waals surface area contributed by atoms with Crippen LogP contribution in [-0.4, -0.2) is 82.5 Å². The quantitative estimate of drug-likeness (QED) is 0.274. The molecule has 3 saturated heterocycles. The van der Waals surface area contributed by atoms with E-state index in [1.807, 2.05) is 24.3 Å². The van der Waals surface area contributed by atoms with Crippen molar-refractivity contribution in [1.29, 1.82) is 0 Å². The van der Waals surface area contributed by atoms with E-state index in [1.54, 1.807) is 25.8 Å². The minimum atomic E-state index is -1.34. The average Bonchev–Trinajstić information content (AvgIpc) is 3.90. The highest BCUT2D eigenvalue weighted by molar-refractivity contribution is 14.1. The maximum atomic E-state index is 14.5. The van der Waals surface area contributed by atoms with E-state index in [9.17, 15) is 19.5 Å². The number of carbonyl (C=O) groups excluding carboxylic acids is 3. The number of nitrogens with one attached hydrogen (secondary N) is 1. The van der Waals surface area contributed by atoms with E-state index in [0.717, 1.165) is 34.8 Å². The second-order valence-electron chi connectivity index (χ2n) is 14.2. The van der Waals surface area contributed by atoms with Crippen molar-refractivity contribution in [1.82, 2.24) is 10.4 Å². The van der Waals surface area contributed by atoms with Gasteiger partial charge in [0.1, 0.15) is 35.4 Å². The smallest absolute Gasteiger partial charge is 0.327 e. The molecule has 0 radical (unpaired) electrons. The minimum absolute atomic E-state index is 0.0231. The van der Waals surface area contributed by atoms with Crippen molar-refractivity contribution in [3.05, 3.63) is 33.4 Å². The van der Waals surface area contributed by atoms with E-state index in [1.165, 1.54) is 0 Å². The molecule has 12 heteroatoms. The summed E-state index contributed by atoms with van der Waals surface area (Å²) in [7, 11) is 0. The van der Waals surface area contributed by atoms with Crippen LogP contribution in [0.4, 0.5) is 0 Å². The van der Waals surface area contributed by atoms with Crippen LogP contribution in [0.25, 0.3) is 0 Å². The van der Waals surface area contributed by atoms with Crippen LogP contribution in [0.5, 0.6) is 0 Å². The number of hydroxylamine groups is 2. The first-order valence-electron chi connectivity index (χ1n) is 15.8. The van der Waals surface area contributed by atoms with E-state index in [4.69, 9.17) is 23.8 Å². The molecule has 6 fully saturated rings. The number of rotatable bonds is 10. The van der Waals surface area contributed by atoms with Gasteiger partial charge < -0.3 is 29.4 Å². The van der Waals surface area contributed by atoms with E-state index < -0.39 is 71.1 Å². The van der Waals surface area contributed by atoms with Gasteiger partial charge in [-0.05, 0) is 87.1 Å². The molecule has 1 amide bonds. The minimum Gasteiger partial charge on any atom is -0.460 e. The summed E-state index contributed by atoms with van der Waals surface area (Å²) < 4.78 is 26.2. The van der Waals surface area contributed by atoms with Gasteiger partial charge in [0.25, 0.3) is 0 Å². The molecular weight excluding hydrogens is 683 g/mol. The monoisotopic (exact) mass is 724 g/mol. The van der Waals surface area contributed by atoms with Crippen molar-refractivity contribution in [3.8, 4) is 0 Å². The zero-order chi connectivity index (χ0) is 31.0. The molecule has 0 spiro atoms. The lowest BCUT2D eigenvalue weighted by atomic mass is 9.62. The summed E-state index contributed by atoms with van der Waals surface area (Å²) in [5.74, 6) is -1.53. The maximum absolute atomic E-state index is 14.5. The predicted octanol–water partition coefficient (Wildman–Crippen LogP) is 2.99. The molecule has 3 saturated carbocycles. The van der Waals surface area contributed by atoms with Crippen LogP contribution in [0.15, 0.2) is 24.3 Å². The molecule has 11 nitrogen and oxygen atoms in total. The Bertz CT molecular complexity index is 1310. The number of hydrogen-bond donors (Lipinski definition) is 2. The van der Waals surface area contributed by atoms with Crippen LogP contribution in [0.3, 0.4) is 0 Å². The maximum Gasteiger partial charge on any atom is 0.327 e. The third-order valence-corrected chi connectivity index (χ3v) is 10.9. The lowest BCUT2D eigenvalue weighted by Crippen LogP contribution is -2.70. The Morgan fingerprint density at radius 3 is 2.45 bits per heavy atom. The van der Waals surface area contributed by atoms with Crippen LogP contribution < -0.4 is 5.32 Å². The number of ether oxygens (including phenoxy) is 4. The Kier molecular flexibility index (Phi) is 7.80. The van der Waals surface area contributed by atoms with Gasteiger partial charge in [-0.15, -0.1) is 0 Å². The first-order chi connectivity index (χ1) is 20.9. The number of nitrogens with zero attached hydrogens (tertiary/aromatic N) is 1. The highest BCUT2D eigenvalue weighted by atomic mass is 127. The average molecular weight is 725 g/mol. The summed E-state index contributed by atoms with van der Waals surface area (Å²) in [6.07, 6.45) is 1.90. The normalized spacial score (nSPS) is 34.7. The molecule has 2 bridgehead atoms. The SMILES string of the molecule is CC(C)(C)OC(=O)CCC(CO)NC(=O)C12CC3OC(=O)C1N(Cc1ccccc1I)OC2C1OC(C2CC2)(C2CC2)OC31. The van der Waals surface area contributed by atoms with Crippen molar-refractivity contribution >= 4 is 40.4 Å². The largest absolute Gasteiger partial charge is 0.460 e. The molecule has 1 aromatic carbocycles. The Balaban J connectivity index is 1.20. The third kappa shape index (κ3) is 5.26. The molecule has 0 aromatic heterocycles. The first kappa shape index (κ1) is 30.8. The number of amides is 1. The molecular formula is C32H41IN2O9. The van der Waals surface area contributed by atoms with Crippen molar-refractivity contribution in [2.45, 2.75) is 120 Å². The summed E-state index contributed by atoms with van der Waals surface area (Å²) in [6, 6.07) is 6.08. The molecule has 44 heavy (non-hydrogen) atoms. The Labute approximate surface area is 270 Å². The fourth-order valence-electron chi connectivity index (χ4n) is 7.67. The van der Waals surface area contributed by atoms with Crippen LogP contribution in [0, 0.1) is 20.8 Å². The van der Waals surface area contributed by atoms with E-state index in [-0.39, 0.29) is 44.2 Å². The van der Waals surface area contributed by atoms with Gasteiger partial charge in [0.2, 0.25) is 5.91 Å². The topological polar surface area (TPSA) is 133 Å². The fraction of sp³-hybridized carbons (Fsp3) is 0.719. The molecule has 240 valence electrons. The Morgan fingerprint density at radius 2 is 1.82 bits per heavy atom. The predicted molar refractivity (Wildman–Crippen MR) is 162 cm³/mol. The van der Waals surface area contributed by atoms with Gasteiger partial charge in [-0.25, -0.2) is 0 Å². The lowest BCUT2D eigenvalue weighted by Gasteiger charge is -2.49. The molecule has 3 heterocycles. The summed E-state index contributed by atoms with van der Waals surface area (Å²) in [4.78, 5) is 47.5. The van der Waals surface area contributed by atoms with Gasteiger partial charge in [0.05, 0.1) is 19.2 Å². The van der Waals surface area contributed by atoms with Crippen molar-refractivity contribution < 1.29 is 43.3 Å². The lowest BCUT2D eigenvalue weighted by molar-refractivity contribution is -0.235. The molecule has 6 aliphatic rings. The highest BCUT2D eigenvalue weighted by Gasteiger charge is 2.78. The van der Waals surface area contributed by atoms with Crippen LogP contribution in [-0.2, 0) is 44.7 Å². The molecule has 7 rings (SSSR count). The van der Waals surface area contributed by atoms with E-state index >= 15 is 0 Å². The van der Waals surface area contributed by atoms with Gasteiger partial charge in [0.15, 0.2) is 11.8 Å². The van der Waals surface area contributed by atoms with E-state index in [2.05, 4.69) is 27.9 Å². The van der Waals surface area contributed by atoms with Crippen molar-refractivity contribution in [3.63, 3.8) is 0 Å². The van der Waals surface area contributed by atoms with Gasteiger partial charge in [0, 0.05) is 28.2 Å². The fourth-order valence-corrected chi connectivity index (χ4v) is 8.23. The zero-order valence-electron chi connectivity index (χ0n) is 25.3. The second kappa shape index (κ2) is 11.2. The summed E-state index contributed by atoms with van der Waals surface area (Å²) in [6.45, 7) is 5.26. The molecule has 7 atom stereocenters. The summed E-state index contributed by atoms with van der Waals surface area (Å²) in [5, 5.41) is 14.8. The molecule has 2 N–H and O–H groups in total. The number of hydrogen-bond acceptors (Lipinski definition) is 10. The second-order valence-corrected chi connectivity index (χ2v) is 15.4. The van der Waals surface area contributed by atoms with Crippen molar-refractivity contribution in [2.75, 3.05) is 6.61 Å². The molecule has 1 aromatic rings. The number of aliphatic hydroxyl groups is 1. The number of aliphatic hydroxyl groups excluding tert-OH is 1. The number of esters is 2. The molecule has 7 unspecified atom stereocenters. The third-order valence-electron chi connectivity index (χ3n) is 9.86. The van der Waals surface area contributed by atoms with Crippen molar-refractivity contribution in [2.24, 2.45) is 17.3 Å². The number of carbonyl (C=O) groups is 3. The number of benzene rings is 1. The summed E-state index contributed by atoms with van der Waals surface area (Å²) >= 11 is 2.25. The summed E-state index contributed by atoms with van der Waals surface area (Å²) in [5.41, 5.74) is -1.03. The Morgan fingerprint density at radius 1 is 1.14 bits per heavy atom. The standard InChI is InChI=1S/C32H41IN2O9/c1-30(2,3)41-23(37)13-12-20(16-36)34-29(39)31-14-22-24-25(43-32(42-24,18-8-9-18)19-10-11-19)27(31)44-35(26(31)28(38)40-22)15-17-6-4-5-7-21(17)33/h4-7,18-20,22,24-27,36H,8-16H2,1-3H3,(H,34,39).